The lowest BCUT2D eigenvalue weighted by atomic mass is 9.72. The Kier molecular flexibility index (Phi) is 2.77. The summed E-state index contributed by atoms with van der Waals surface area (Å²) >= 11 is 1.91. The van der Waals surface area contributed by atoms with E-state index in [1.807, 2.05) is 11.8 Å². The molecule has 82 valence electrons. The van der Waals surface area contributed by atoms with Gasteiger partial charge in [-0.1, -0.05) is 0 Å². The summed E-state index contributed by atoms with van der Waals surface area (Å²) in [6.45, 7) is 0. The van der Waals surface area contributed by atoms with Crippen LogP contribution in [-0.2, 0) is 0 Å². The first-order chi connectivity index (χ1) is 6.52. The van der Waals surface area contributed by atoms with Crippen molar-refractivity contribution >= 4 is 11.8 Å². The van der Waals surface area contributed by atoms with E-state index in [1.165, 1.54) is 0 Å². The molecule has 1 saturated heterocycles. The Bertz CT molecular complexity index is 204. The maximum atomic E-state index is 13.0. The number of hydrogen-bond donors (Lipinski definition) is 1. The van der Waals surface area contributed by atoms with Crippen molar-refractivity contribution in [1.82, 2.24) is 0 Å². The van der Waals surface area contributed by atoms with Crippen molar-refractivity contribution in [2.45, 2.75) is 43.6 Å². The smallest absolute Gasteiger partial charge is 0.248 e. The Hall–Kier alpha value is 0.170. The van der Waals surface area contributed by atoms with Crippen LogP contribution in [0.2, 0.25) is 0 Å². The molecule has 1 saturated carbocycles. The number of alkyl halides is 2. The highest BCUT2D eigenvalue weighted by Crippen LogP contribution is 2.44. The Morgan fingerprint density at radius 1 is 1.14 bits per heavy atom. The molecule has 2 fully saturated rings. The summed E-state index contributed by atoms with van der Waals surface area (Å²) in [6.07, 6.45) is 2.11. The van der Waals surface area contributed by atoms with Gasteiger partial charge in [-0.05, 0) is 36.7 Å². The lowest BCUT2D eigenvalue weighted by Crippen LogP contribution is -2.51. The fraction of sp³-hybridized carbons (Fsp3) is 1.00. The van der Waals surface area contributed by atoms with Gasteiger partial charge in [0.25, 0.3) is 0 Å². The van der Waals surface area contributed by atoms with Crippen LogP contribution in [0.4, 0.5) is 8.78 Å². The Morgan fingerprint density at radius 2 is 1.79 bits per heavy atom. The summed E-state index contributed by atoms with van der Waals surface area (Å²) in [4.78, 5) is 0. The van der Waals surface area contributed by atoms with Crippen LogP contribution in [0.15, 0.2) is 0 Å². The molecule has 0 amide bonds. The first-order valence-electron chi connectivity index (χ1n) is 5.26. The molecule has 2 aliphatic rings. The first kappa shape index (κ1) is 10.7. The Balaban J connectivity index is 1.97. The minimum Gasteiger partial charge on any atom is -0.325 e. The van der Waals surface area contributed by atoms with E-state index in [4.69, 9.17) is 5.73 Å². The maximum absolute atomic E-state index is 13.0. The Morgan fingerprint density at radius 3 is 2.29 bits per heavy atom. The van der Waals surface area contributed by atoms with Crippen molar-refractivity contribution in [2.24, 2.45) is 11.7 Å². The molecule has 0 aromatic heterocycles. The molecular formula is C10H17F2NS. The third-order valence-electron chi connectivity index (χ3n) is 3.66. The van der Waals surface area contributed by atoms with Crippen LogP contribution in [0.25, 0.3) is 0 Å². The van der Waals surface area contributed by atoms with E-state index in [-0.39, 0.29) is 18.4 Å². The molecule has 0 bridgehead atoms. The number of rotatable bonds is 1. The lowest BCUT2D eigenvalue weighted by Gasteiger charge is -2.41. The molecule has 2 N–H and O–H groups in total. The van der Waals surface area contributed by atoms with Gasteiger partial charge in [0.2, 0.25) is 5.92 Å². The molecule has 2 rings (SSSR count). The molecule has 0 spiro atoms. The summed E-state index contributed by atoms with van der Waals surface area (Å²) in [5.41, 5.74) is 5.95. The molecule has 1 aliphatic heterocycles. The monoisotopic (exact) mass is 221 g/mol. The molecule has 14 heavy (non-hydrogen) atoms. The van der Waals surface area contributed by atoms with Crippen molar-refractivity contribution in [3.8, 4) is 0 Å². The van der Waals surface area contributed by atoms with Crippen LogP contribution in [0.3, 0.4) is 0 Å². The van der Waals surface area contributed by atoms with Crippen molar-refractivity contribution in [3.63, 3.8) is 0 Å². The van der Waals surface area contributed by atoms with Gasteiger partial charge < -0.3 is 5.73 Å². The molecule has 0 radical (unpaired) electrons. The van der Waals surface area contributed by atoms with Crippen molar-refractivity contribution < 1.29 is 8.78 Å². The standard InChI is InChI=1S/C10H17F2NS/c11-10(12)4-2-9(13,3-5-10)8-1-6-14-7-8/h8H,1-7,13H2. The molecular weight excluding hydrogens is 204 g/mol. The fourth-order valence-corrected chi connectivity index (χ4v) is 3.88. The predicted molar refractivity (Wildman–Crippen MR) is 55.8 cm³/mol. The fourth-order valence-electron chi connectivity index (χ4n) is 2.48. The molecule has 0 aromatic carbocycles. The van der Waals surface area contributed by atoms with Gasteiger partial charge in [-0.15, -0.1) is 0 Å². The van der Waals surface area contributed by atoms with Crippen LogP contribution >= 0.6 is 11.8 Å². The molecule has 1 atom stereocenters. The maximum Gasteiger partial charge on any atom is 0.248 e. The molecule has 1 unspecified atom stereocenters. The minimum absolute atomic E-state index is 0.00926. The van der Waals surface area contributed by atoms with Crippen molar-refractivity contribution in [2.75, 3.05) is 11.5 Å². The van der Waals surface area contributed by atoms with Gasteiger partial charge >= 0.3 is 0 Å². The molecule has 1 heterocycles. The zero-order valence-electron chi connectivity index (χ0n) is 8.27. The summed E-state index contributed by atoms with van der Waals surface area (Å²) in [5, 5.41) is 0. The molecule has 0 aromatic rings. The van der Waals surface area contributed by atoms with E-state index >= 15 is 0 Å². The van der Waals surface area contributed by atoms with Crippen LogP contribution in [0.5, 0.6) is 0 Å². The van der Waals surface area contributed by atoms with E-state index in [9.17, 15) is 8.78 Å². The van der Waals surface area contributed by atoms with Gasteiger partial charge in [0.1, 0.15) is 0 Å². The quantitative estimate of drug-likeness (QED) is 0.736. The molecule has 4 heteroatoms. The summed E-state index contributed by atoms with van der Waals surface area (Å²) in [6, 6.07) is 0. The van der Waals surface area contributed by atoms with Gasteiger partial charge in [-0.2, -0.15) is 11.8 Å². The highest BCUT2D eigenvalue weighted by atomic mass is 32.2. The van der Waals surface area contributed by atoms with E-state index in [0.29, 0.717) is 18.8 Å². The third-order valence-corrected chi connectivity index (χ3v) is 4.82. The number of halogens is 2. The second kappa shape index (κ2) is 3.63. The van der Waals surface area contributed by atoms with Gasteiger partial charge in [-0.25, -0.2) is 8.78 Å². The number of nitrogens with two attached hydrogens (primary N) is 1. The predicted octanol–water partition coefficient (Wildman–Crippen LogP) is 2.65. The van der Waals surface area contributed by atoms with Crippen LogP contribution in [0.1, 0.15) is 32.1 Å². The van der Waals surface area contributed by atoms with E-state index in [0.717, 1.165) is 17.9 Å². The second-order valence-electron chi connectivity index (χ2n) is 4.65. The second-order valence-corrected chi connectivity index (χ2v) is 5.80. The summed E-state index contributed by atoms with van der Waals surface area (Å²) in [7, 11) is 0. The average molecular weight is 221 g/mol. The Labute approximate surface area is 87.8 Å². The van der Waals surface area contributed by atoms with Gasteiger partial charge in [0.05, 0.1) is 0 Å². The number of hydrogen-bond acceptors (Lipinski definition) is 2. The van der Waals surface area contributed by atoms with Crippen LogP contribution < -0.4 is 5.73 Å². The van der Waals surface area contributed by atoms with E-state index in [2.05, 4.69) is 0 Å². The largest absolute Gasteiger partial charge is 0.325 e. The van der Waals surface area contributed by atoms with Crippen molar-refractivity contribution in [3.05, 3.63) is 0 Å². The summed E-state index contributed by atoms with van der Waals surface area (Å²) < 4.78 is 25.9. The normalized spacial score (nSPS) is 35.8. The van der Waals surface area contributed by atoms with Crippen molar-refractivity contribution in [1.29, 1.82) is 0 Å². The van der Waals surface area contributed by atoms with Gasteiger partial charge in [0.15, 0.2) is 0 Å². The zero-order valence-corrected chi connectivity index (χ0v) is 9.09. The molecule has 1 aliphatic carbocycles. The number of thioether (sulfide) groups is 1. The SMILES string of the molecule is NC1(C2CCSC2)CCC(F)(F)CC1. The lowest BCUT2D eigenvalue weighted by molar-refractivity contribution is -0.0570. The van der Waals surface area contributed by atoms with Crippen LogP contribution in [0, 0.1) is 5.92 Å². The van der Waals surface area contributed by atoms with E-state index < -0.39 is 5.92 Å². The van der Waals surface area contributed by atoms with E-state index in [1.54, 1.807) is 0 Å². The van der Waals surface area contributed by atoms with Gasteiger partial charge in [0, 0.05) is 18.4 Å². The highest BCUT2D eigenvalue weighted by molar-refractivity contribution is 7.99. The first-order valence-corrected chi connectivity index (χ1v) is 6.42. The average Bonchev–Trinajstić information content (AvgIpc) is 2.64. The van der Waals surface area contributed by atoms with Gasteiger partial charge in [-0.3, -0.25) is 0 Å². The zero-order chi connectivity index (χ0) is 10.2. The highest BCUT2D eigenvalue weighted by Gasteiger charge is 2.45. The summed E-state index contributed by atoms with van der Waals surface area (Å²) in [5.74, 6) is 0.250. The minimum atomic E-state index is -2.45. The molecule has 1 nitrogen and oxygen atoms in total. The van der Waals surface area contributed by atoms with Crippen LogP contribution in [-0.4, -0.2) is 23.0 Å². The third kappa shape index (κ3) is 2.06. The topological polar surface area (TPSA) is 26.0 Å².